The molecule has 0 aliphatic carbocycles. The normalized spacial score (nSPS) is 11.3. The van der Waals surface area contributed by atoms with Crippen molar-refractivity contribution in [2.75, 3.05) is 0 Å². The van der Waals surface area contributed by atoms with Gasteiger partial charge in [0.25, 0.3) is 0 Å². The van der Waals surface area contributed by atoms with Gasteiger partial charge in [-0.1, -0.05) is 68.3 Å². The number of hydrogen-bond acceptors (Lipinski definition) is 3. The molecule has 0 fully saturated rings. The Morgan fingerprint density at radius 2 is 1.21 bits per heavy atom. The largest absolute Gasteiger partial charge is 0.488 e. The molecule has 0 bridgehead atoms. The zero-order valence-corrected chi connectivity index (χ0v) is 19.3. The minimum Gasteiger partial charge on any atom is -0.488 e. The van der Waals surface area contributed by atoms with Crippen molar-refractivity contribution >= 4 is 11.6 Å². The lowest BCUT2D eigenvalue weighted by atomic mass is 9.87. The van der Waals surface area contributed by atoms with Crippen LogP contribution in [0.3, 0.4) is 0 Å². The molecule has 158 valence electrons. The van der Waals surface area contributed by atoms with Crippen LogP contribution in [0, 0.1) is 19.3 Å². The van der Waals surface area contributed by atoms with Gasteiger partial charge in [0, 0.05) is 11.8 Å². The maximum Gasteiger partial charge on any atom is 0.145 e. The summed E-state index contributed by atoms with van der Waals surface area (Å²) in [5.41, 5.74) is 2.88. The first-order valence-electron chi connectivity index (χ1n) is 10.1. The molecule has 0 aromatic heterocycles. The van der Waals surface area contributed by atoms with Crippen LogP contribution < -0.4 is 4.74 Å². The number of benzene rings is 2. The first-order valence-corrected chi connectivity index (χ1v) is 10.1. The average molecular weight is 397 g/mol. The number of Topliss-reactive ketones (excluding diaryl/α,β-unsaturated/α-hetero) is 2. The van der Waals surface area contributed by atoms with E-state index in [0.29, 0.717) is 6.42 Å². The summed E-state index contributed by atoms with van der Waals surface area (Å²) < 4.78 is 5.66. The van der Waals surface area contributed by atoms with Crippen molar-refractivity contribution in [3.8, 4) is 5.75 Å². The van der Waals surface area contributed by atoms with Crippen LogP contribution in [0.25, 0.3) is 0 Å². The minimum atomic E-state index is -0.428. The Hall–Kier alpha value is -2.42. The molecule has 2 aromatic carbocycles. The summed E-state index contributed by atoms with van der Waals surface area (Å²) in [7, 11) is 0. The summed E-state index contributed by atoms with van der Waals surface area (Å²) in [6, 6.07) is 16.0. The van der Waals surface area contributed by atoms with Crippen molar-refractivity contribution in [2.45, 2.75) is 73.8 Å². The highest BCUT2D eigenvalue weighted by Crippen LogP contribution is 2.18. The number of ketones is 2. The van der Waals surface area contributed by atoms with Gasteiger partial charge in [0.1, 0.15) is 22.9 Å². The van der Waals surface area contributed by atoms with E-state index in [0.717, 1.165) is 11.3 Å². The monoisotopic (exact) mass is 396 g/mol. The zero-order valence-electron chi connectivity index (χ0n) is 19.3. The topological polar surface area (TPSA) is 43.4 Å². The lowest BCUT2D eigenvalue weighted by Gasteiger charge is -2.21. The highest BCUT2D eigenvalue weighted by atomic mass is 16.5. The molecule has 0 unspecified atom stereocenters. The van der Waals surface area contributed by atoms with E-state index >= 15 is 0 Å². The first-order chi connectivity index (χ1) is 13.3. The van der Waals surface area contributed by atoms with E-state index in [1.54, 1.807) is 0 Å². The number of carbonyl (C=O) groups excluding carboxylic acids is 2. The summed E-state index contributed by atoms with van der Waals surface area (Å²) >= 11 is 0. The van der Waals surface area contributed by atoms with Crippen molar-refractivity contribution in [3.63, 3.8) is 0 Å². The van der Waals surface area contributed by atoms with Crippen LogP contribution in [0.1, 0.15) is 64.7 Å². The van der Waals surface area contributed by atoms with Gasteiger partial charge in [-0.05, 0) is 52.3 Å². The first kappa shape index (κ1) is 24.6. The molecule has 2 rings (SSSR count). The van der Waals surface area contributed by atoms with Crippen molar-refractivity contribution in [1.29, 1.82) is 0 Å². The SMILES string of the molecule is Cc1ccc(CC(=O)CC(=O)C(C)(C)C)cc1.Cc1ccc(OC(C)(C)C)cc1. The summed E-state index contributed by atoms with van der Waals surface area (Å²) in [6.45, 7) is 15.7. The van der Waals surface area contributed by atoms with Crippen molar-refractivity contribution in [3.05, 3.63) is 65.2 Å². The van der Waals surface area contributed by atoms with Gasteiger partial charge in [0.2, 0.25) is 0 Å². The van der Waals surface area contributed by atoms with Crippen LogP contribution >= 0.6 is 0 Å². The second kappa shape index (κ2) is 10.4. The molecular formula is C26H36O3. The maximum atomic E-state index is 11.7. The fraction of sp³-hybridized carbons (Fsp3) is 0.462. The van der Waals surface area contributed by atoms with E-state index < -0.39 is 5.41 Å². The predicted octanol–water partition coefficient (Wildman–Crippen LogP) is 6.28. The highest BCUT2D eigenvalue weighted by Gasteiger charge is 2.23. The van der Waals surface area contributed by atoms with E-state index in [4.69, 9.17) is 4.74 Å². The number of aryl methyl sites for hydroxylation is 2. The van der Waals surface area contributed by atoms with E-state index in [2.05, 4.69) is 19.1 Å². The summed E-state index contributed by atoms with van der Waals surface area (Å²) in [5.74, 6) is 0.941. The summed E-state index contributed by atoms with van der Waals surface area (Å²) in [5, 5.41) is 0. The van der Waals surface area contributed by atoms with Gasteiger partial charge in [0.15, 0.2) is 0 Å². The molecule has 0 atom stereocenters. The molecule has 29 heavy (non-hydrogen) atoms. The lowest BCUT2D eigenvalue weighted by Crippen LogP contribution is -2.23. The molecule has 0 aliphatic rings. The molecule has 0 spiro atoms. The Morgan fingerprint density at radius 3 is 1.62 bits per heavy atom. The lowest BCUT2D eigenvalue weighted by molar-refractivity contribution is -0.131. The van der Waals surface area contributed by atoms with E-state index in [-0.39, 0.29) is 23.6 Å². The standard InChI is InChI=1S/C15H20O2.C11H16O/c1-11-5-7-12(8-6-11)9-13(16)10-14(17)15(2,3)4;1-9-5-7-10(8-6-9)12-11(2,3)4/h5-8H,9-10H2,1-4H3;5-8H,1-4H3. The third kappa shape index (κ3) is 10.6. The molecule has 0 saturated heterocycles. The molecule has 0 aliphatic heterocycles. The van der Waals surface area contributed by atoms with E-state index in [9.17, 15) is 9.59 Å². The number of hydrogen-bond donors (Lipinski definition) is 0. The zero-order chi connectivity index (χ0) is 22.2. The third-order valence-electron chi connectivity index (χ3n) is 4.16. The van der Waals surface area contributed by atoms with Crippen LogP contribution in [-0.2, 0) is 16.0 Å². The van der Waals surface area contributed by atoms with Gasteiger partial charge in [-0.3, -0.25) is 9.59 Å². The Morgan fingerprint density at radius 1 is 0.759 bits per heavy atom. The van der Waals surface area contributed by atoms with Crippen molar-refractivity contribution < 1.29 is 14.3 Å². The molecule has 0 radical (unpaired) electrons. The Bertz CT molecular complexity index is 786. The average Bonchev–Trinajstić information content (AvgIpc) is 2.57. The van der Waals surface area contributed by atoms with Crippen LogP contribution in [0.4, 0.5) is 0 Å². The Labute approximate surface area is 176 Å². The summed E-state index contributed by atoms with van der Waals surface area (Å²) in [4.78, 5) is 23.4. The third-order valence-corrected chi connectivity index (χ3v) is 4.16. The van der Waals surface area contributed by atoms with Gasteiger partial charge < -0.3 is 4.74 Å². The van der Waals surface area contributed by atoms with Crippen LogP contribution in [0.2, 0.25) is 0 Å². The Balaban J connectivity index is 0.000000308. The molecule has 0 heterocycles. The van der Waals surface area contributed by atoms with Crippen LogP contribution in [0.15, 0.2) is 48.5 Å². The quantitative estimate of drug-likeness (QED) is 0.558. The maximum absolute atomic E-state index is 11.7. The van der Waals surface area contributed by atoms with E-state index in [1.165, 1.54) is 11.1 Å². The molecule has 0 saturated carbocycles. The van der Waals surface area contributed by atoms with E-state index in [1.807, 2.05) is 84.9 Å². The minimum absolute atomic E-state index is 0.00576. The molecule has 3 heteroatoms. The number of ether oxygens (including phenoxy) is 1. The fourth-order valence-electron chi connectivity index (χ4n) is 2.40. The summed E-state index contributed by atoms with van der Waals surface area (Å²) in [6.07, 6.45) is 0.388. The molecule has 3 nitrogen and oxygen atoms in total. The second-order valence-corrected chi connectivity index (χ2v) is 9.58. The second-order valence-electron chi connectivity index (χ2n) is 9.58. The Kier molecular flexibility index (Phi) is 8.81. The molecule has 2 aromatic rings. The fourth-order valence-corrected chi connectivity index (χ4v) is 2.40. The molecule has 0 amide bonds. The number of carbonyl (C=O) groups is 2. The van der Waals surface area contributed by atoms with Gasteiger partial charge in [-0.2, -0.15) is 0 Å². The smallest absolute Gasteiger partial charge is 0.145 e. The molecule has 0 N–H and O–H groups in total. The molecular weight excluding hydrogens is 360 g/mol. The van der Waals surface area contributed by atoms with Gasteiger partial charge in [-0.25, -0.2) is 0 Å². The number of rotatable bonds is 5. The van der Waals surface area contributed by atoms with Gasteiger partial charge in [-0.15, -0.1) is 0 Å². The van der Waals surface area contributed by atoms with Gasteiger partial charge in [0.05, 0.1) is 6.42 Å². The highest BCUT2D eigenvalue weighted by molar-refractivity contribution is 6.01. The van der Waals surface area contributed by atoms with Crippen molar-refractivity contribution in [2.24, 2.45) is 5.41 Å². The van der Waals surface area contributed by atoms with Gasteiger partial charge >= 0.3 is 0 Å². The van der Waals surface area contributed by atoms with Crippen LogP contribution in [0.5, 0.6) is 5.75 Å². The van der Waals surface area contributed by atoms with Crippen molar-refractivity contribution in [1.82, 2.24) is 0 Å². The van der Waals surface area contributed by atoms with Crippen LogP contribution in [-0.4, -0.2) is 17.2 Å². The predicted molar refractivity (Wildman–Crippen MR) is 121 cm³/mol.